The van der Waals surface area contributed by atoms with Crippen LogP contribution in [0.3, 0.4) is 0 Å². The molecule has 0 spiro atoms. The molecule has 6 heteroatoms. The molecule has 0 saturated carbocycles. The van der Waals surface area contributed by atoms with Gasteiger partial charge in [-0.15, -0.1) is 0 Å². The molecule has 0 aliphatic rings. The van der Waals surface area contributed by atoms with Crippen LogP contribution in [0.1, 0.15) is 40.4 Å². The molecule has 0 aliphatic heterocycles. The van der Waals surface area contributed by atoms with E-state index < -0.39 is 0 Å². The van der Waals surface area contributed by atoms with Gasteiger partial charge in [0, 0.05) is 19.3 Å². The van der Waals surface area contributed by atoms with Gasteiger partial charge < -0.3 is 0 Å². The zero-order valence-electron chi connectivity index (χ0n) is 11.7. The predicted molar refractivity (Wildman–Crippen MR) is 78.2 cm³/mol. The van der Waals surface area contributed by atoms with Crippen molar-refractivity contribution < 1.29 is 9.59 Å². The largest absolute Gasteiger partial charge is 0.293 e. The number of aromatic nitrogens is 2. The number of ketones is 1. The zero-order valence-corrected chi connectivity index (χ0v) is 11.7. The minimum atomic E-state index is -0.356. The van der Waals surface area contributed by atoms with Crippen molar-refractivity contribution in [1.82, 2.24) is 15.4 Å². The molecule has 0 aliphatic carbocycles. The van der Waals surface area contributed by atoms with E-state index in [0.717, 1.165) is 0 Å². The summed E-state index contributed by atoms with van der Waals surface area (Å²) in [4.78, 5) is 31.2. The first-order valence-electron chi connectivity index (χ1n) is 6.31. The topological polar surface area (TPSA) is 84.3 Å². The Hall–Kier alpha value is -2.89. The Morgan fingerprint density at radius 2 is 1.86 bits per heavy atom. The molecule has 0 saturated heterocycles. The standard InChI is InChI=1S/C15H14N4O2/c1-10(13-6-3-7-14(17-13)11(2)20)18-19-15(21)12-5-4-8-16-9-12/h3-9H,1-2H3,(H,19,21). The summed E-state index contributed by atoms with van der Waals surface area (Å²) in [5.74, 6) is -0.478. The van der Waals surface area contributed by atoms with Gasteiger partial charge in [-0.3, -0.25) is 14.6 Å². The van der Waals surface area contributed by atoms with Crippen molar-refractivity contribution in [1.29, 1.82) is 0 Å². The van der Waals surface area contributed by atoms with E-state index in [0.29, 0.717) is 22.7 Å². The van der Waals surface area contributed by atoms with E-state index in [4.69, 9.17) is 0 Å². The number of nitrogens with zero attached hydrogens (tertiary/aromatic N) is 3. The molecule has 21 heavy (non-hydrogen) atoms. The van der Waals surface area contributed by atoms with Crippen LogP contribution in [-0.4, -0.2) is 27.4 Å². The minimum Gasteiger partial charge on any atom is -0.293 e. The van der Waals surface area contributed by atoms with Crippen LogP contribution in [0, 0.1) is 0 Å². The predicted octanol–water partition coefficient (Wildman–Crippen LogP) is 1.83. The number of hydrazone groups is 1. The summed E-state index contributed by atoms with van der Waals surface area (Å²) in [6.07, 6.45) is 3.04. The summed E-state index contributed by atoms with van der Waals surface area (Å²) >= 11 is 0. The van der Waals surface area contributed by atoms with E-state index in [1.807, 2.05) is 0 Å². The van der Waals surface area contributed by atoms with Crippen LogP contribution in [0.4, 0.5) is 0 Å². The Morgan fingerprint density at radius 1 is 1.10 bits per heavy atom. The van der Waals surface area contributed by atoms with Gasteiger partial charge in [-0.05, 0) is 31.2 Å². The van der Waals surface area contributed by atoms with Crippen molar-refractivity contribution in [3.05, 3.63) is 59.7 Å². The Balaban J connectivity index is 2.13. The van der Waals surface area contributed by atoms with Gasteiger partial charge in [0.25, 0.3) is 5.91 Å². The lowest BCUT2D eigenvalue weighted by atomic mass is 10.2. The second kappa shape index (κ2) is 6.51. The lowest BCUT2D eigenvalue weighted by molar-refractivity contribution is 0.0953. The fraction of sp³-hybridized carbons (Fsp3) is 0.133. The number of hydrogen-bond acceptors (Lipinski definition) is 5. The summed E-state index contributed by atoms with van der Waals surface area (Å²) in [5, 5.41) is 3.99. The van der Waals surface area contributed by atoms with Crippen molar-refractivity contribution in [2.45, 2.75) is 13.8 Å². The third-order valence-electron chi connectivity index (χ3n) is 2.73. The van der Waals surface area contributed by atoms with Crippen molar-refractivity contribution >= 4 is 17.4 Å². The van der Waals surface area contributed by atoms with E-state index in [9.17, 15) is 9.59 Å². The van der Waals surface area contributed by atoms with Crippen LogP contribution >= 0.6 is 0 Å². The van der Waals surface area contributed by atoms with Crippen LogP contribution in [0.2, 0.25) is 0 Å². The first kappa shape index (κ1) is 14.5. The van der Waals surface area contributed by atoms with Crippen molar-refractivity contribution in [2.24, 2.45) is 5.10 Å². The lowest BCUT2D eigenvalue weighted by Gasteiger charge is -2.03. The van der Waals surface area contributed by atoms with Gasteiger partial charge in [0.05, 0.1) is 17.0 Å². The summed E-state index contributed by atoms with van der Waals surface area (Å²) < 4.78 is 0. The molecule has 0 aromatic carbocycles. The molecule has 0 unspecified atom stereocenters. The van der Waals surface area contributed by atoms with Gasteiger partial charge in [0.15, 0.2) is 5.78 Å². The van der Waals surface area contributed by atoms with Gasteiger partial charge in [-0.2, -0.15) is 5.10 Å². The normalized spacial score (nSPS) is 11.0. The first-order chi connectivity index (χ1) is 10.1. The number of pyridine rings is 2. The maximum Gasteiger partial charge on any atom is 0.272 e. The molecule has 0 atom stereocenters. The zero-order chi connectivity index (χ0) is 15.2. The van der Waals surface area contributed by atoms with E-state index in [2.05, 4.69) is 20.5 Å². The van der Waals surface area contributed by atoms with Crippen LogP contribution in [-0.2, 0) is 0 Å². The van der Waals surface area contributed by atoms with Gasteiger partial charge in [0.1, 0.15) is 5.69 Å². The Bertz CT molecular complexity index is 696. The third kappa shape index (κ3) is 3.79. The molecule has 2 heterocycles. The number of Topliss-reactive ketones (excluding diaryl/α,β-unsaturated/α-hetero) is 1. The van der Waals surface area contributed by atoms with E-state index in [-0.39, 0.29) is 11.7 Å². The monoisotopic (exact) mass is 282 g/mol. The Labute approximate surface area is 121 Å². The molecule has 2 rings (SSSR count). The molecule has 0 radical (unpaired) electrons. The smallest absolute Gasteiger partial charge is 0.272 e. The highest BCUT2D eigenvalue weighted by atomic mass is 16.2. The quantitative estimate of drug-likeness (QED) is 0.527. The van der Waals surface area contributed by atoms with Gasteiger partial charge in [-0.25, -0.2) is 10.4 Å². The molecular weight excluding hydrogens is 268 g/mol. The third-order valence-corrected chi connectivity index (χ3v) is 2.73. The summed E-state index contributed by atoms with van der Waals surface area (Å²) in [6.45, 7) is 3.15. The highest BCUT2D eigenvalue weighted by Gasteiger charge is 2.07. The van der Waals surface area contributed by atoms with E-state index in [1.54, 1.807) is 43.5 Å². The molecule has 2 aromatic rings. The van der Waals surface area contributed by atoms with E-state index in [1.165, 1.54) is 13.1 Å². The molecule has 2 aromatic heterocycles. The minimum absolute atomic E-state index is 0.121. The second-order valence-corrected chi connectivity index (χ2v) is 4.34. The summed E-state index contributed by atoms with van der Waals surface area (Å²) in [5.41, 5.74) is 4.25. The Morgan fingerprint density at radius 3 is 2.52 bits per heavy atom. The molecule has 106 valence electrons. The molecule has 1 N–H and O–H groups in total. The fourth-order valence-electron chi connectivity index (χ4n) is 1.59. The number of hydrogen-bond donors (Lipinski definition) is 1. The number of carbonyl (C=O) groups is 2. The lowest BCUT2D eigenvalue weighted by Crippen LogP contribution is -2.19. The van der Waals surface area contributed by atoms with E-state index >= 15 is 0 Å². The average Bonchev–Trinajstić information content (AvgIpc) is 2.53. The number of rotatable bonds is 4. The highest BCUT2D eigenvalue weighted by Crippen LogP contribution is 2.02. The Kier molecular flexibility index (Phi) is 4.50. The van der Waals surface area contributed by atoms with Crippen LogP contribution < -0.4 is 5.43 Å². The van der Waals surface area contributed by atoms with Crippen LogP contribution in [0.5, 0.6) is 0 Å². The molecule has 0 fully saturated rings. The fourth-order valence-corrected chi connectivity index (χ4v) is 1.59. The SMILES string of the molecule is CC(=O)c1cccc(C(C)=NNC(=O)c2cccnc2)n1. The van der Waals surface area contributed by atoms with Crippen molar-refractivity contribution in [3.8, 4) is 0 Å². The summed E-state index contributed by atoms with van der Waals surface area (Å²) in [6, 6.07) is 8.39. The molecule has 1 amide bonds. The molecule has 0 bridgehead atoms. The second-order valence-electron chi connectivity index (χ2n) is 4.34. The van der Waals surface area contributed by atoms with Gasteiger partial charge in [-0.1, -0.05) is 6.07 Å². The van der Waals surface area contributed by atoms with Gasteiger partial charge >= 0.3 is 0 Å². The summed E-state index contributed by atoms with van der Waals surface area (Å²) in [7, 11) is 0. The highest BCUT2D eigenvalue weighted by molar-refractivity contribution is 6.00. The number of amides is 1. The first-order valence-corrected chi connectivity index (χ1v) is 6.31. The molecule has 6 nitrogen and oxygen atoms in total. The number of carbonyl (C=O) groups excluding carboxylic acids is 2. The maximum atomic E-state index is 11.8. The average molecular weight is 282 g/mol. The van der Waals surface area contributed by atoms with Crippen LogP contribution in [0.25, 0.3) is 0 Å². The number of nitrogens with one attached hydrogen (secondary N) is 1. The van der Waals surface area contributed by atoms with Crippen LogP contribution in [0.15, 0.2) is 47.8 Å². The van der Waals surface area contributed by atoms with Crippen molar-refractivity contribution in [2.75, 3.05) is 0 Å². The van der Waals surface area contributed by atoms with Crippen molar-refractivity contribution in [3.63, 3.8) is 0 Å². The van der Waals surface area contributed by atoms with Gasteiger partial charge in [0.2, 0.25) is 0 Å². The maximum absolute atomic E-state index is 11.8. The molecular formula is C15H14N4O2.